The molecule has 1 aromatic heterocycles. The number of amides is 1. The fourth-order valence-corrected chi connectivity index (χ4v) is 1.25. The van der Waals surface area contributed by atoms with E-state index in [9.17, 15) is 9.90 Å². The second-order valence-corrected chi connectivity index (χ2v) is 3.47. The summed E-state index contributed by atoms with van der Waals surface area (Å²) in [5.41, 5.74) is 1.02. The molecule has 0 radical (unpaired) electrons. The Labute approximate surface area is 88.5 Å². The van der Waals surface area contributed by atoms with E-state index in [0.29, 0.717) is 23.4 Å². The average Bonchev–Trinajstić information content (AvgIpc) is 2.54. The molecule has 15 heavy (non-hydrogen) atoms. The number of carbonyl (C=O) groups excluding carboxylic acids is 1. The normalized spacial score (nSPS) is 12.5. The van der Waals surface area contributed by atoms with Crippen molar-refractivity contribution in [1.82, 2.24) is 10.5 Å². The van der Waals surface area contributed by atoms with Gasteiger partial charge in [-0.1, -0.05) is 12.1 Å². The molecule has 0 aliphatic carbocycles. The summed E-state index contributed by atoms with van der Waals surface area (Å²) in [5, 5.41) is 15.6. The Kier molecular flexibility index (Phi) is 3.85. The van der Waals surface area contributed by atoms with Crippen molar-refractivity contribution in [3.63, 3.8) is 0 Å². The molecular formula is C10H16N2O3. The third kappa shape index (κ3) is 2.79. The summed E-state index contributed by atoms with van der Waals surface area (Å²) in [6.07, 6.45) is 0.108. The minimum atomic E-state index is -0.505. The molecule has 84 valence electrons. The topological polar surface area (TPSA) is 75.4 Å². The summed E-state index contributed by atoms with van der Waals surface area (Å²) in [5.74, 6) is 0.245. The molecule has 2 N–H and O–H groups in total. The molecule has 1 amide bonds. The first-order valence-electron chi connectivity index (χ1n) is 4.95. The van der Waals surface area contributed by atoms with E-state index in [2.05, 4.69) is 10.5 Å². The molecule has 0 saturated heterocycles. The molecule has 0 aromatic carbocycles. The molecule has 1 atom stereocenters. The number of carbonyl (C=O) groups is 1. The predicted octanol–water partition coefficient (Wildman–Crippen LogP) is 0.792. The molecular weight excluding hydrogens is 196 g/mol. The summed E-state index contributed by atoms with van der Waals surface area (Å²) < 4.78 is 4.88. The molecule has 5 heteroatoms. The van der Waals surface area contributed by atoms with Gasteiger partial charge in [0, 0.05) is 6.54 Å². The fourth-order valence-electron chi connectivity index (χ4n) is 1.25. The van der Waals surface area contributed by atoms with E-state index >= 15 is 0 Å². The van der Waals surface area contributed by atoms with Crippen LogP contribution in [0.15, 0.2) is 4.52 Å². The van der Waals surface area contributed by atoms with Crippen molar-refractivity contribution in [2.24, 2.45) is 0 Å². The fraction of sp³-hybridized carbons (Fsp3) is 0.600. The van der Waals surface area contributed by atoms with Crippen molar-refractivity contribution < 1.29 is 14.4 Å². The third-order valence-corrected chi connectivity index (χ3v) is 2.23. The van der Waals surface area contributed by atoms with Crippen molar-refractivity contribution >= 4 is 5.91 Å². The molecule has 1 heterocycles. The summed E-state index contributed by atoms with van der Waals surface area (Å²) in [7, 11) is 0. The summed E-state index contributed by atoms with van der Waals surface area (Å²) >= 11 is 0. The summed E-state index contributed by atoms with van der Waals surface area (Å²) in [4.78, 5) is 11.6. The number of hydrogen-bond donors (Lipinski definition) is 2. The molecule has 1 unspecified atom stereocenters. The zero-order valence-corrected chi connectivity index (χ0v) is 9.20. The first kappa shape index (κ1) is 11.7. The highest BCUT2D eigenvalue weighted by Gasteiger charge is 2.17. The molecule has 1 aromatic rings. The first-order valence-corrected chi connectivity index (χ1v) is 4.95. The SMILES string of the molecule is CCC(O)CNC(=O)c1c(C)noc1C. The minimum absolute atomic E-state index is 0.249. The van der Waals surface area contributed by atoms with Gasteiger partial charge in [0.2, 0.25) is 0 Å². The largest absolute Gasteiger partial charge is 0.391 e. The number of nitrogens with one attached hydrogen (secondary N) is 1. The number of hydrogen-bond acceptors (Lipinski definition) is 4. The van der Waals surface area contributed by atoms with Crippen LogP contribution in [0, 0.1) is 13.8 Å². The number of aryl methyl sites for hydroxylation is 2. The number of rotatable bonds is 4. The van der Waals surface area contributed by atoms with Gasteiger partial charge in [-0.05, 0) is 20.3 Å². The smallest absolute Gasteiger partial charge is 0.256 e. The van der Waals surface area contributed by atoms with E-state index in [4.69, 9.17) is 4.52 Å². The Hall–Kier alpha value is -1.36. The van der Waals surface area contributed by atoms with Gasteiger partial charge in [-0.3, -0.25) is 4.79 Å². The van der Waals surface area contributed by atoms with Crippen LogP contribution in [0.3, 0.4) is 0 Å². The number of nitrogens with zero attached hydrogens (tertiary/aromatic N) is 1. The Morgan fingerprint density at radius 3 is 2.73 bits per heavy atom. The van der Waals surface area contributed by atoms with Gasteiger partial charge in [-0.25, -0.2) is 0 Å². The van der Waals surface area contributed by atoms with Gasteiger partial charge in [0.25, 0.3) is 5.91 Å². The Morgan fingerprint density at radius 1 is 1.60 bits per heavy atom. The molecule has 0 spiro atoms. The van der Waals surface area contributed by atoms with Gasteiger partial charge >= 0.3 is 0 Å². The van der Waals surface area contributed by atoms with Gasteiger partial charge in [0.1, 0.15) is 11.3 Å². The highest BCUT2D eigenvalue weighted by Crippen LogP contribution is 2.11. The van der Waals surface area contributed by atoms with E-state index in [1.807, 2.05) is 6.92 Å². The zero-order valence-electron chi connectivity index (χ0n) is 9.20. The number of aliphatic hydroxyl groups excluding tert-OH is 1. The molecule has 5 nitrogen and oxygen atoms in total. The van der Waals surface area contributed by atoms with Gasteiger partial charge in [0.15, 0.2) is 0 Å². The quantitative estimate of drug-likeness (QED) is 0.773. The van der Waals surface area contributed by atoms with Crippen LogP contribution >= 0.6 is 0 Å². The van der Waals surface area contributed by atoms with E-state index in [1.165, 1.54) is 0 Å². The van der Waals surface area contributed by atoms with Crippen molar-refractivity contribution in [3.05, 3.63) is 17.0 Å². The monoisotopic (exact) mass is 212 g/mol. The maximum atomic E-state index is 11.6. The van der Waals surface area contributed by atoms with E-state index < -0.39 is 6.10 Å². The summed E-state index contributed by atoms with van der Waals surface area (Å²) in [6.45, 7) is 5.50. The van der Waals surface area contributed by atoms with E-state index in [0.717, 1.165) is 0 Å². The van der Waals surface area contributed by atoms with Crippen LogP contribution in [-0.4, -0.2) is 28.8 Å². The maximum Gasteiger partial charge on any atom is 0.256 e. The lowest BCUT2D eigenvalue weighted by Crippen LogP contribution is -2.32. The highest BCUT2D eigenvalue weighted by atomic mass is 16.5. The Bertz CT molecular complexity index is 327. The Morgan fingerprint density at radius 2 is 2.27 bits per heavy atom. The van der Waals surface area contributed by atoms with Crippen LogP contribution in [0.2, 0.25) is 0 Å². The van der Waals surface area contributed by atoms with Crippen LogP contribution in [0.5, 0.6) is 0 Å². The molecule has 0 saturated carbocycles. The van der Waals surface area contributed by atoms with Crippen LogP contribution < -0.4 is 5.32 Å². The zero-order chi connectivity index (χ0) is 11.4. The lowest BCUT2D eigenvalue weighted by atomic mass is 10.2. The average molecular weight is 212 g/mol. The van der Waals surface area contributed by atoms with Gasteiger partial charge in [-0.2, -0.15) is 0 Å². The van der Waals surface area contributed by atoms with Crippen LogP contribution in [0.1, 0.15) is 35.2 Å². The number of aromatic nitrogens is 1. The van der Waals surface area contributed by atoms with Crippen molar-refractivity contribution in [2.45, 2.75) is 33.3 Å². The second-order valence-electron chi connectivity index (χ2n) is 3.47. The maximum absolute atomic E-state index is 11.6. The lowest BCUT2D eigenvalue weighted by molar-refractivity contribution is 0.0912. The van der Waals surface area contributed by atoms with Crippen molar-refractivity contribution in [1.29, 1.82) is 0 Å². The lowest BCUT2D eigenvalue weighted by Gasteiger charge is -2.08. The number of aliphatic hydroxyl groups is 1. The first-order chi connectivity index (χ1) is 7.06. The molecule has 1 rings (SSSR count). The second kappa shape index (κ2) is 4.93. The van der Waals surface area contributed by atoms with Crippen LogP contribution in [0.25, 0.3) is 0 Å². The van der Waals surface area contributed by atoms with Gasteiger partial charge < -0.3 is 14.9 Å². The molecule has 0 bridgehead atoms. The van der Waals surface area contributed by atoms with Gasteiger partial charge in [0.05, 0.1) is 11.8 Å². The highest BCUT2D eigenvalue weighted by molar-refractivity contribution is 5.96. The van der Waals surface area contributed by atoms with E-state index in [1.54, 1.807) is 13.8 Å². The standard InChI is InChI=1S/C10H16N2O3/c1-4-8(13)5-11-10(14)9-6(2)12-15-7(9)3/h8,13H,4-5H2,1-3H3,(H,11,14). The van der Waals surface area contributed by atoms with Crippen molar-refractivity contribution in [3.8, 4) is 0 Å². The predicted molar refractivity (Wildman–Crippen MR) is 54.6 cm³/mol. The Balaban J connectivity index is 2.62. The van der Waals surface area contributed by atoms with Crippen LogP contribution in [0.4, 0.5) is 0 Å². The minimum Gasteiger partial charge on any atom is -0.391 e. The molecule has 0 aliphatic rings. The third-order valence-electron chi connectivity index (χ3n) is 2.23. The molecule has 0 fully saturated rings. The van der Waals surface area contributed by atoms with Gasteiger partial charge in [-0.15, -0.1) is 0 Å². The summed E-state index contributed by atoms with van der Waals surface area (Å²) in [6, 6.07) is 0. The van der Waals surface area contributed by atoms with Crippen LogP contribution in [-0.2, 0) is 0 Å². The van der Waals surface area contributed by atoms with E-state index in [-0.39, 0.29) is 12.5 Å². The van der Waals surface area contributed by atoms with Crippen molar-refractivity contribution in [2.75, 3.05) is 6.54 Å². The molecule has 0 aliphatic heterocycles.